The quantitative estimate of drug-likeness (QED) is 0.922. The predicted octanol–water partition coefficient (Wildman–Crippen LogP) is 1.36. The Kier molecular flexibility index (Phi) is 4.45. The molecule has 1 amide bonds. The van der Waals surface area contributed by atoms with Gasteiger partial charge in [-0.3, -0.25) is 9.59 Å². The van der Waals surface area contributed by atoms with Gasteiger partial charge in [0, 0.05) is 24.9 Å². The molecule has 0 aliphatic heterocycles. The summed E-state index contributed by atoms with van der Waals surface area (Å²) in [6, 6.07) is 6.12. The molecule has 1 aromatic carbocycles. The van der Waals surface area contributed by atoms with Crippen LogP contribution in [0.3, 0.4) is 0 Å². The maximum Gasteiger partial charge on any atom is 0.276 e. The Morgan fingerprint density at radius 1 is 1.18 bits per heavy atom. The number of nitrogens with one attached hydrogen (secondary N) is 1. The van der Waals surface area contributed by atoms with Crippen molar-refractivity contribution >= 4 is 11.6 Å². The molecule has 1 aromatic heterocycles. The third kappa shape index (κ3) is 3.08. The molecule has 1 N–H and O–H groups in total. The third-order valence-electron chi connectivity index (χ3n) is 3.17. The molecular formula is C15H17N3O4. The van der Waals surface area contributed by atoms with Crippen LogP contribution in [0.2, 0.25) is 0 Å². The van der Waals surface area contributed by atoms with Crippen LogP contribution in [-0.4, -0.2) is 29.9 Å². The molecule has 0 atom stereocenters. The molecule has 0 unspecified atom stereocenters. The van der Waals surface area contributed by atoms with Crippen LogP contribution in [0.1, 0.15) is 16.1 Å². The number of methoxy groups -OCH3 is 2. The van der Waals surface area contributed by atoms with Crippen molar-refractivity contribution in [3.05, 3.63) is 45.9 Å². The smallest absolute Gasteiger partial charge is 0.276 e. The molecular weight excluding hydrogens is 286 g/mol. The first-order valence-corrected chi connectivity index (χ1v) is 6.54. The molecule has 0 radical (unpaired) electrons. The van der Waals surface area contributed by atoms with E-state index in [4.69, 9.17) is 9.47 Å². The fraction of sp³-hybridized carbons (Fsp3) is 0.267. The van der Waals surface area contributed by atoms with Gasteiger partial charge in [-0.25, -0.2) is 4.68 Å². The Hall–Kier alpha value is -2.83. The van der Waals surface area contributed by atoms with Crippen LogP contribution in [0.4, 0.5) is 5.69 Å². The van der Waals surface area contributed by atoms with Gasteiger partial charge in [0.25, 0.3) is 11.5 Å². The molecule has 116 valence electrons. The van der Waals surface area contributed by atoms with Crippen LogP contribution in [0.5, 0.6) is 11.5 Å². The van der Waals surface area contributed by atoms with Crippen molar-refractivity contribution in [1.29, 1.82) is 0 Å². The summed E-state index contributed by atoms with van der Waals surface area (Å²) < 4.78 is 11.5. The highest BCUT2D eigenvalue weighted by Gasteiger charge is 2.13. The maximum atomic E-state index is 12.2. The number of aromatic nitrogens is 2. The summed E-state index contributed by atoms with van der Waals surface area (Å²) in [5.74, 6) is 0.681. The number of anilines is 1. The third-order valence-corrected chi connectivity index (χ3v) is 3.17. The number of amides is 1. The Morgan fingerprint density at radius 2 is 1.82 bits per heavy atom. The van der Waals surface area contributed by atoms with Gasteiger partial charge in [0.15, 0.2) is 11.5 Å². The van der Waals surface area contributed by atoms with E-state index in [-0.39, 0.29) is 11.3 Å². The molecule has 2 rings (SSSR count). The summed E-state index contributed by atoms with van der Waals surface area (Å²) >= 11 is 0. The monoisotopic (exact) mass is 303 g/mol. The van der Waals surface area contributed by atoms with Gasteiger partial charge >= 0.3 is 0 Å². The minimum absolute atomic E-state index is 0.149. The highest BCUT2D eigenvalue weighted by atomic mass is 16.5. The van der Waals surface area contributed by atoms with Gasteiger partial charge in [-0.05, 0) is 24.6 Å². The van der Waals surface area contributed by atoms with Crippen molar-refractivity contribution in [1.82, 2.24) is 9.78 Å². The SMILES string of the molecule is COc1cc(C)c(NC(=O)c2ccc(=O)n(C)n2)cc1OC. The van der Waals surface area contributed by atoms with Gasteiger partial charge in [0.05, 0.1) is 14.2 Å². The van der Waals surface area contributed by atoms with Gasteiger partial charge in [-0.2, -0.15) is 5.10 Å². The summed E-state index contributed by atoms with van der Waals surface area (Å²) in [5.41, 5.74) is 1.27. The average Bonchev–Trinajstić information content (AvgIpc) is 2.51. The van der Waals surface area contributed by atoms with Gasteiger partial charge in [0.1, 0.15) is 5.69 Å². The molecule has 0 saturated heterocycles. The van der Waals surface area contributed by atoms with E-state index in [1.807, 2.05) is 6.92 Å². The lowest BCUT2D eigenvalue weighted by atomic mass is 10.1. The van der Waals surface area contributed by atoms with E-state index in [2.05, 4.69) is 10.4 Å². The van der Waals surface area contributed by atoms with E-state index in [1.165, 1.54) is 26.3 Å². The lowest BCUT2D eigenvalue weighted by Gasteiger charge is -2.13. The largest absolute Gasteiger partial charge is 0.493 e. The van der Waals surface area contributed by atoms with Crippen molar-refractivity contribution in [2.75, 3.05) is 19.5 Å². The first kappa shape index (κ1) is 15.6. The number of hydrogen-bond acceptors (Lipinski definition) is 5. The Labute approximate surface area is 127 Å². The van der Waals surface area contributed by atoms with Crippen LogP contribution >= 0.6 is 0 Å². The molecule has 1 heterocycles. The van der Waals surface area contributed by atoms with E-state index < -0.39 is 5.91 Å². The number of carbonyl (C=O) groups excluding carboxylic acids is 1. The van der Waals surface area contributed by atoms with E-state index >= 15 is 0 Å². The van der Waals surface area contributed by atoms with Crippen molar-refractivity contribution in [3.8, 4) is 11.5 Å². The van der Waals surface area contributed by atoms with Crippen LogP contribution < -0.4 is 20.3 Å². The number of ether oxygens (including phenoxy) is 2. The Bertz CT molecular complexity index is 768. The second-order valence-electron chi connectivity index (χ2n) is 4.66. The molecule has 7 nitrogen and oxygen atoms in total. The van der Waals surface area contributed by atoms with Crippen molar-refractivity contribution in [2.45, 2.75) is 6.92 Å². The Balaban J connectivity index is 2.31. The summed E-state index contributed by atoms with van der Waals surface area (Å²) in [4.78, 5) is 23.5. The van der Waals surface area contributed by atoms with Crippen molar-refractivity contribution in [3.63, 3.8) is 0 Å². The normalized spacial score (nSPS) is 10.2. The van der Waals surface area contributed by atoms with Crippen LogP contribution in [0.25, 0.3) is 0 Å². The summed E-state index contributed by atoms with van der Waals surface area (Å²) in [6.07, 6.45) is 0. The van der Waals surface area contributed by atoms with Crippen molar-refractivity contribution in [2.24, 2.45) is 7.05 Å². The first-order chi connectivity index (χ1) is 10.5. The lowest BCUT2D eigenvalue weighted by Crippen LogP contribution is -2.23. The van der Waals surface area contributed by atoms with Gasteiger partial charge < -0.3 is 14.8 Å². The number of aryl methyl sites for hydroxylation is 2. The first-order valence-electron chi connectivity index (χ1n) is 6.54. The van der Waals surface area contributed by atoms with Gasteiger partial charge in [0.2, 0.25) is 0 Å². The molecule has 2 aromatic rings. The fourth-order valence-corrected chi connectivity index (χ4v) is 1.93. The molecule has 0 bridgehead atoms. The van der Waals surface area contributed by atoms with Crippen LogP contribution in [0, 0.1) is 6.92 Å². The lowest BCUT2D eigenvalue weighted by molar-refractivity contribution is 0.102. The molecule has 0 aliphatic carbocycles. The number of nitrogens with zero attached hydrogens (tertiary/aromatic N) is 2. The predicted molar refractivity (Wildman–Crippen MR) is 81.7 cm³/mol. The van der Waals surface area contributed by atoms with E-state index in [1.54, 1.807) is 19.2 Å². The van der Waals surface area contributed by atoms with E-state index in [0.29, 0.717) is 17.2 Å². The molecule has 0 fully saturated rings. The molecule has 0 spiro atoms. The van der Waals surface area contributed by atoms with E-state index in [0.717, 1.165) is 10.2 Å². The number of benzene rings is 1. The fourth-order valence-electron chi connectivity index (χ4n) is 1.93. The van der Waals surface area contributed by atoms with Crippen molar-refractivity contribution < 1.29 is 14.3 Å². The van der Waals surface area contributed by atoms with Gasteiger partial charge in [-0.1, -0.05) is 0 Å². The highest BCUT2D eigenvalue weighted by molar-refractivity contribution is 6.03. The minimum atomic E-state index is -0.411. The minimum Gasteiger partial charge on any atom is -0.493 e. The average molecular weight is 303 g/mol. The summed E-state index contributed by atoms with van der Waals surface area (Å²) in [6.45, 7) is 1.84. The second-order valence-corrected chi connectivity index (χ2v) is 4.66. The highest BCUT2D eigenvalue weighted by Crippen LogP contribution is 2.32. The van der Waals surface area contributed by atoms with Crippen LogP contribution in [-0.2, 0) is 7.05 Å². The zero-order valence-corrected chi connectivity index (χ0v) is 12.8. The van der Waals surface area contributed by atoms with Gasteiger partial charge in [-0.15, -0.1) is 0 Å². The Morgan fingerprint density at radius 3 is 2.41 bits per heavy atom. The topological polar surface area (TPSA) is 82.5 Å². The number of rotatable bonds is 4. The second kappa shape index (κ2) is 6.30. The van der Waals surface area contributed by atoms with E-state index in [9.17, 15) is 9.59 Å². The van der Waals surface area contributed by atoms with Crippen LogP contribution in [0.15, 0.2) is 29.1 Å². The number of carbonyl (C=O) groups is 1. The zero-order chi connectivity index (χ0) is 16.3. The molecule has 0 saturated carbocycles. The molecule has 22 heavy (non-hydrogen) atoms. The number of hydrogen-bond donors (Lipinski definition) is 1. The maximum absolute atomic E-state index is 12.2. The summed E-state index contributed by atoms with van der Waals surface area (Å²) in [5, 5.41) is 6.66. The molecule has 7 heteroatoms. The summed E-state index contributed by atoms with van der Waals surface area (Å²) in [7, 11) is 4.55. The molecule has 0 aliphatic rings. The standard InChI is InChI=1S/C15H17N3O4/c1-9-7-12(21-3)13(22-4)8-11(9)16-15(20)10-5-6-14(19)18(2)17-10/h5-8H,1-4H3,(H,16,20). The zero-order valence-electron chi connectivity index (χ0n) is 12.8.